The Morgan fingerprint density at radius 2 is 1.95 bits per heavy atom. The maximum Gasteiger partial charge on any atom is 0.128 e. The molecule has 0 aliphatic rings. The Hall–Kier alpha value is -2.33. The van der Waals surface area contributed by atoms with Crippen molar-refractivity contribution in [2.45, 2.75) is 0 Å². The van der Waals surface area contributed by atoms with Gasteiger partial charge in [0.2, 0.25) is 0 Å². The minimum Gasteiger partial charge on any atom is -0.508 e. The van der Waals surface area contributed by atoms with Gasteiger partial charge >= 0.3 is 0 Å². The van der Waals surface area contributed by atoms with Crippen molar-refractivity contribution in [1.29, 1.82) is 0 Å². The van der Waals surface area contributed by atoms with Crippen LogP contribution in [0.25, 0.3) is 21.8 Å². The monoisotopic (exact) mass is 283 g/mol. The lowest BCUT2D eigenvalue weighted by Gasteiger charge is -2.04. The summed E-state index contributed by atoms with van der Waals surface area (Å²) in [5.41, 5.74) is 2.76. The molecule has 1 N–H and O–H groups in total. The number of phenolic OH excluding ortho intramolecular Hbond substituents is 1. The van der Waals surface area contributed by atoms with Crippen LogP contribution in [0.4, 0.5) is 0 Å². The fourth-order valence-electron chi connectivity index (χ4n) is 2.03. The van der Waals surface area contributed by atoms with Crippen LogP contribution in [0.1, 0.15) is 0 Å². The summed E-state index contributed by atoms with van der Waals surface area (Å²) in [6, 6.07) is 14.9. The van der Waals surface area contributed by atoms with Crippen LogP contribution in [0.15, 0.2) is 53.9 Å². The Labute approximate surface area is 121 Å². The summed E-state index contributed by atoms with van der Waals surface area (Å²) >= 11 is 1.55. The van der Waals surface area contributed by atoms with Crippen LogP contribution in [0.3, 0.4) is 0 Å². The number of rotatable bonds is 3. The zero-order chi connectivity index (χ0) is 13.9. The molecule has 3 aromatic rings. The highest BCUT2D eigenvalue weighted by Crippen LogP contribution is 2.34. The van der Waals surface area contributed by atoms with Gasteiger partial charge in [-0.3, -0.25) is 0 Å². The number of benzene rings is 2. The molecule has 0 radical (unpaired) electrons. The highest BCUT2D eigenvalue weighted by Gasteiger charge is 2.10. The number of aromatic nitrogens is 1. The molecule has 0 bridgehead atoms. The van der Waals surface area contributed by atoms with Gasteiger partial charge in [0.1, 0.15) is 16.5 Å². The van der Waals surface area contributed by atoms with Gasteiger partial charge in [-0.25, -0.2) is 4.98 Å². The number of phenols is 1. The maximum absolute atomic E-state index is 9.54. The molecule has 0 unspecified atom stereocenters. The number of ether oxygens (including phenoxy) is 1. The Morgan fingerprint density at radius 3 is 2.75 bits per heavy atom. The molecular weight excluding hydrogens is 270 g/mol. The van der Waals surface area contributed by atoms with E-state index < -0.39 is 0 Å². The van der Waals surface area contributed by atoms with Crippen LogP contribution in [0.2, 0.25) is 0 Å². The van der Waals surface area contributed by atoms with Crippen LogP contribution < -0.4 is 4.74 Å². The van der Waals surface area contributed by atoms with E-state index in [1.807, 2.05) is 41.8 Å². The first kappa shape index (κ1) is 12.7. The van der Waals surface area contributed by atoms with Gasteiger partial charge in [-0.15, -0.1) is 11.3 Å². The van der Waals surface area contributed by atoms with Gasteiger partial charge in [0.25, 0.3) is 0 Å². The smallest absolute Gasteiger partial charge is 0.128 e. The van der Waals surface area contributed by atoms with Crippen LogP contribution in [0, 0.1) is 0 Å². The van der Waals surface area contributed by atoms with Crippen molar-refractivity contribution >= 4 is 11.3 Å². The van der Waals surface area contributed by atoms with Crippen molar-refractivity contribution in [2.24, 2.45) is 0 Å². The van der Waals surface area contributed by atoms with E-state index in [4.69, 9.17) is 4.74 Å². The summed E-state index contributed by atoms with van der Waals surface area (Å²) in [6.07, 6.45) is 0. The third-order valence-electron chi connectivity index (χ3n) is 2.98. The van der Waals surface area contributed by atoms with Gasteiger partial charge in [-0.1, -0.05) is 24.3 Å². The fraction of sp³-hybridized carbons (Fsp3) is 0.0625. The van der Waals surface area contributed by atoms with Crippen LogP contribution >= 0.6 is 11.3 Å². The summed E-state index contributed by atoms with van der Waals surface area (Å²) in [4.78, 5) is 4.63. The molecule has 0 fully saturated rings. The normalized spacial score (nSPS) is 10.4. The number of thiazole rings is 1. The van der Waals surface area contributed by atoms with Crippen molar-refractivity contribution in [1.82, 2.24) is 4.98 Å². The van der Waals surface area contributed by atoms with E-state index in [0.29, 0.717) is 0 Å². The molecule has 0 amide bonds. The summed E-state index contributed by atoms with van der Waals surface area (Å²) in [6.45, 7) is 0. The van der Waals surface area contributed by atoms with Crippen molar-refractivity contribution in [3.8, 4) is 33.3 Å². The Balaban J connectivity index is 2.02. The number of hydrogen-bond acceptors (Lipinski definition) is 4. The standard InChI is InChI=1S/C16H13NO2S/c1-19-15-8-3-2-7-13(15)14-10-20-16(17-14)11-5-4-6-12(18)9-11/h2-10,18H,1H3. The van der Waals surface area contributed by atoms with Crippen LogP contribution in [-0.2, 0) is 0 Å². The lowest BCUT2D eigenvalue weighted by molar-refractivity contribution is 0.416. The molecule has 1 aromatic heterocycles. The minimum atomic E-state index is 0.247. The molecule has 1 heterocycles. The van der Waals surface area contributed by atoms with Gasteiger partial charge in [0.15, 0.2) is 0 Å². The van der Waals surface area contributed by atoms with E-state index >= 15 is 0 Å². The lowest BCUT2D eigenvalue weighted by atomic mass is 10.1. The summed E-state index contributed by atoms with van der Waals surface area (Å²) < 4.78 is 5.36. The fourth-order valence-corrected chi connectivity index (χ4v) is 2.84. The molecule has 2 aromatic carbocycles. The number of para-hydroxylation sites is 1. The van der Waals surface area contributed by atoms with Gasteiger partial charge in [-0.2, -0.15) is 0 Å². The molecule has 3 nitrogen and oxygen atoms in total. The highest BCUT2D eigenvalue weighted by molar-refractivity contribution is 7.13. The van der Waals surface area contributed by atoms with Crippen molar-refractivity contribution in [3.63, 3.8) is 0 Å². The molecule has 0 saturated heterocycles. The molecule has 3 rings (SSSR count). The van der Waals surface area contributed by atoms with Gasteiger partial charge in [0.05, 0.1) is 12.8 Å². The van der Waals surface area contributed by atoms with Gasteiger partial charge in [-0.05, 0) is 24.3 Å². The molecule has 0 spiro atoms. The summed E-state index contributed by atoms with van der Waals surface area (Å²) in [5.74, 6) is 1.05. The second-order valence-corrected chi connectivity index (χ2v) is 5.15. The molecule has 0 aliphatic carbocycles. The van der Waals surface area contributed by atoms with Crippen LogP contribution in [-0.4, -0.2) is 17.2 Å². The average Bonchev–Trinajstić information content (AvgIpc) is 2.97. The predicted molar refractivity (Wildman–Crippen MR) is 81.2 cm³/mol. The topological polar surface area (TPSA) is 42.4 Å². The third-order valence-corrected chi connectivity index (χ3v) is 3.87. The van der Waals surface area contributed by atoms with E-state index in [-0.39, 0.29) is 5.75 Å². The molecule has 0 aliphatic heterocycles. The number of methoxy groups -OCH3 is 1. The van der Waals surface area contributed by atoms with Crippen LogP contribution in [0.5, 0.6) is 11.5 Å². The van der Waals surface area contributed by atoms with Crippen molar-refractivity contribution in [3.05, 3.63) is 53.9 Å². The Morgan fingerprint density at radius 1 is 1.10 bits per heavy atom. The second-order valence-electron chi connectivity index (χ2n) is 4.29. The van der Waals surface area contributed by atoms with E-state index in [1.54, 1.807) is 30.6 Å². The molecule has 100 valence electrons. The van der Waals surface area contributed by atoms with Crippen molar-refractivity contribution < 1.29 is 9.84 Å². The Kier molecular flexibility index (Phi) is 3.39. The molecular formula is C16H13NO2S. The quantitative estimate of drug-likeness (QED) is 0.783. The number of nitrogens with zero attached hydrogens (tertiary/aromatic N) is 1. The minimum absolute atomic E-state index is 0.247. The third kappa shape index (κ3) is 2.38. The zero-order valence-electron chi connectivity index (χ0n) is 10.9. The summed E-state index contributed by atoms with van der Waals surface area (Å²) in [7, 11) is 1.65. The number of hydrogen-bond donors (Lipinski definition) is 1. The average molecular weight is 283 g/mol. The predicted octanol–water partition coefficient (Wildman–Crippen LogP) is 4.19. The second kappa shape index (κ2) is 5.35. The largest absolute Gasteiger partial charge is 0.508 e. The molecule has 20 heavy (non-hydrogen) atoms. The molecule has 0 saturated carbocycles. The lowest BCUT2D eigenvalue weighted by Crippen LogP contribution is -1.87. The van der Waals surface area contributed by atoms with Crippen molar-refractivity contribution in [2.75, 3.05) is 7.11 Å². The zero-order valence-corrected chi connectivity index (χ0v) is 11.7. The first-order chi connectivity index (χ1) is 9.78. The molecule has 4 heteroatoms. The maximum atomic E-state index is 9.54. The Bertz CT molecular complexity index is 737. The molecule has 0 atom stereocenters. The van der Waals surface area contributed by atoms with E-state index in [2.05, 4.69) is 4.98 Å². The summed E-state index contributed by atoms with van der Waals surface area (Å²) in [5, 5.41) is 12.4. The van der Waals surface area contributed by atoms with Gasteiger partial charge in [0, 0.05) is 16.5 Å². The van der Waals surface area contributed by atoms with E-state index in [9.17, 15) is 5.11 Å². The van der Waals surface area contributed by atoms with Gasteiger partial charge < -0.3 is 9.84 Å². The SMILES string of the molecule is COc1ccccc1-c1csc(-c2cccc(O)c2)n1. The van der Waals surface area contributed by atoms with E-state index in [0.717, 1.165) is 27.6 Å². The highest BCUT2D eigenvalue weighted by atomic mass is 32.1. The van der Waals surface area contributed by atoms with E-state index in [1.165, 1.54) is 0 Å². The first-order valence-corrected chi connectivity index (χ1v) is 7.04. The number of aromatic hydroxyl groups is 1. The first-order valence-electron chi connectivity index (χ1n) is 6.16.